The van der Waals surface area contributed by atoms with E-state index in [-0.39, 0.29) is 6.07 Å². The minimum atomic E-state index is -5.60. The van der Waals surface area contributed by atoms with Crippen molar-refractivity contribution in [3.8, 4) is 0 Å². The van der Waals surface area contributed by atoms with E-state index in [1.807, 2.05) is 0 Å². The Morgan fingerprint density at radius 1 is 1.06 bits per heavy atom. The number of ketones is 1. The Labute approximate surface area is 104 Å². The van der Waals surface area contributed by atoms with Crippen molar-refractivity contribution in [2.24, 2.45) is 0 Å². The summed E-state index contributed by atoms with van der Waals surface area (Å²) in [6.45, 7) is 0. The summed E-state index contributed by atoms with van der Waals surface area (Å²) in [4.78, 5) is 10.8. The third-order valence-electron chi connectivity index (χ3n) is 1.88. The highest BCUT2D eigenvalue weighted by Gasteiger charge is 2.46. The van der Waals surface area contributed by atoms with Crippen molar-refractivity contribution in [3.05, 3.63) is 33.5 Å². The maximum Gasteiger partial charge on any atom is 0.454 e. The first-order chi connectivity index (χ1) is 7.96. The van der Waals surface area contributed by atoms with Crippen LogP contribution in [-0.4, -0.2) is 12.0 Å². The lowest BCUT2D eigenvalue weighted by Crippen LogP contribution is -2.27. The second-order valence-electron chi connectivity index (χ2n) is 3.11. The molecule has 0 saturated heterocycles. The van der Waals surface area contributed by atoms with E-state index in [4.69, 9.17) is 0 Å². The van der Waals surface area contributed by atoms with Gasteiger partial charge in [-0.3, -0.25) is 4.79 Å². The number of halogens is 8. The monoisotopic (exact) mass is 338 g/mol. The lowest BCUT2D eigenvalue weighted by atomic mass is 10.0. The number of hydrogen-bond acceptors (Lipinski definition) is 1. The Bertz CT molecular complexity index is 489. The molecule has 0 radical (unpaired) electrons. The number of carbonyl (C=O) groups is 1. The molecule has 9 heteroatoms. The zero-order chi connectivity index (χ0) is 14.3. The van der Waals surface area contributed by atoms with Crippen LogP contribution in [0, 0.1) is 5.82 Å². The van der Waals surface area contributed by atoms with Gasteiger partial charge in [0, 0.05) is 0 Å². The van der Waals surface area contributed by atoms with Crippen LogP contribution in [0.15, 0.2) is 16.6 Å². The predicted molar refractivity (Wildman–Crippen MR) is 49.5 cm³/mol. The molecule has 0 fully saturated rings. The smallest absolute Gasteiger partial charge is 0.284 e. The Balaban J connectivity index is 3.59. The zero-order valence-corrected chi connectivity index (χ0v) is 9.67. The van der Waals surface area contributed by atoms with Gasteiger partial charge in [-0.15, -0.1) is 0 Å². The Kier molecular flexibility index (Phi) is 3.75. The molecule has 18 heavy (non-hydrogen) atoms. The van der Waals surface area contributed by atoms with E-state index in [9.17, 15) is 35.5 Å². The third kappa shape index (κ3) is 2.82. The molecule has 0 saturated carbocycles. The van der Waals surface area contributed by atoms with Crippen molar-refractivity contribution in [2.45, 2.75) is 12.4 Å². The van der Waals surface area contributed by atoms with Crippen molar-refractivity contribution >= 4 is 21.7 Å². The highest BCUT2D eigenvalue weighted by atomic mass is 79.9. The van der Waals surface area contributed by atoms with Gasteiger partial charge in [0.05, 0.1) is 15.6 Å². The van der Waals surface area contributed by atoms with E-state index >= 15 is 0 Å². The van der Waals surface area contributed by atoms with Gasteiger partial charge in [-0.05, 0) is 28.1 Å². The van der Waals surface area contributed by atoms with Crippen molar-refractivity contribution in [2.75, 3.05) is 0 Å². The fraction of sp³-hybridized carbons (Fsp3) is 0.222. The molecule has 0 N–H and O–H groups in total. The molecule has 0 aliphatic heterocycles. The van der Waals surface area contributed by atoms with Gasteiger partial charge in [-0.25, -0.2) is 4.39 Å². The van der Waals surface area contributed by atoms with E-state index in [0.29, 0.717) is 6.07 Å². The molecule has 0 heterocycles. The minimum absolute atomic E-state index is 0.201. The number of carbonyl (C=O) groups excluding carboxylic acids is 1. The average Bonchev–Trinajstić information content (AvgIpc) is 2.17. The highest BCUT2D eigenvalue weighted by Crippen LogP contribution is 2.37. The largest absolute Gasteiger partial charge is 0.454 e. The Hall–Kier alpha value is -1.12. The van der Waals surface area contributed by atoms with Crippen LogP contribution in [0.3, 0.4) is 0 Å². The first-order valence-corrected chi connectivity index (χ1v) is 4.92. The molecule has 100 valence electrons. The lowest BCUT2D eigenvalue weighted by Gasteiger charge is -2.14. The number of alkyl halides is 6. The van der Waals surface area contributed by atoms with Gasteiger partial charge < -0.3 is 0 Å². The van der Waals surface area contributed by atoms with Gasteiger partial charge in [0.1, 0.15) is 5.82 Å². The number of Topliss-reactive ketones (excluding diaryl/α,β-unsaturated/α-hetero) is 1. The summed E-state index contributed by atoms with van der Waals surface area (Å²) in [5.41, 5.74) is -4.00. The predicted octanol–water partition coefficient (Wildman–Crippen LogP) is 4.35. The van der Waals surface area contributed by atoms with Crippen molar-refractivity contribution in [1.82, 2.24) is 0 Å². The molecule has 0 amide bonds. The van der Waals surface area contributed by atoms with Crippen molar-refractivity contribution in [1.29, 1.82) is 0 Å². The van der Waals surface area contributed by atoms with Crippen LogP contribution >= 0.6 is 15.9 Å². The molecule has 0 atom stereocenters. The summed E-state index contributed by atoms with van der Waals surface area (Å²) in [7, 11) is 0. The summed E-state index contributed by atoms with van der Waals surface area (Å²) < 4.78 is 86.2. The number of benzene rings is 1. The molecule has 0 aliphatic carbocycles. The van der Waals surface area contributed by atoms with Crippen LogP contribution < -0.4 is 0 Å². The fourth-order valence-electron chi connectivity index (χ4n) is 1.15. The van der Waals surface area contributed by atoms with Crippen LogP contribution in [-0.2, 0) is 6.18 Å². The van der Waals surface area contributed by atoms with Crippen LogP contribution in [0.25, 0.3) is 0 Å². The van der Waals surface area contributed by atoms with Crippen LogP contribution in [0.5, 0.6) is 0 Å². The van der Waals surface area contributed by atoms with Crippen LogP contribution in [0.2, 0.25) is 0 Å². The summed E-state index contributed by atoms with van der Waals surface area (Å²) in [6.07, 6.45) is -10.9. The molecule has 0 bridgehead atoms. The van der Waals surface area contributed by atoms with E-state index in [1.54, 1.807) is 0 Å². The molecule has 0 spiro atoms. The van der Waals surface area contributed by atoms with E-state index < -0.39 is 39.6 Å². The molecule has 0 unspecified atom stereocenters. The van der Waals surface area contributed by atoms with E-state index in [2.05, 4.69) is 15.9 Å². The van der Waals surface area contributed by atoms with Crippen molar-refractivity contribution in [3.63, 3.8) is 0 Å². The lowest BCUT2D eigenvalue weighted by molar-refractivity contribution is -0.138. The fourth-order valence-corrected chi connectivity index (χ4v) is 1.48. The molecule has 1 aromatic rings. The summed E-state index contributed by atoms with van der Waals surface area (Å²) >= 11 is 2.42. The Morgan fingerprint density at radius 3 is 1.94 bits per heavy atom. The summed E-state index contributed by atoms with van der Waals surface area (Å²) in [5, 5.41) is 0. The molecule has 1 aromatic carbocycles. The highest BCUT2D eigenvalue weighted by molar-refractivity contribution is 9.10. The van der Waals surface area contributed by atoms with Gasteiger partial charge in [-0.1, -0.05) is 0 Å². The van der Waals surface area contributed by atoms with Gasteiger partial charge in [-0.2, -0.15) is 26.3 Å². The Morgan fingerprint density at radius 2 is 1.56 bits per heavy atom. The first-order valence-electron chi connectivity index (χ1n) is 4.13. The zero-order valence-electron chi connectivity index (χ0n) is 8.09. The van der Waals surface area contributed by atoms with Crippen LogP contribution in [0.4, 0.5) is 30.7 Å². The maximum absolute atomic E-state index is 13.3. The maximum atomic E-state index is 13.3. The van der Waals surface area contributed by atoms with Gasteiger partial charge in [0.25, 0.3) is 5.78 Å². The minimum Gasteiger partial charge on any atom is -0.284 e. The average molecular weight is 339 g/mol. The topological polar surface area (TPSA) is 17.1 Å². The van der Waals surface area contributed by atoms with Crippen LogP contribution in [0.1, 0.15) is 15.9 Å². The third-order valence-corrected chi connectivity index (χ3v) is 2.50. The first kappa shape index (κ1) is 14.9. The van der Waals surface area contributed by atoms with Gasteiger partial charge >= 0.3 is 12.4 Å². The summed E-state index contributed by atoms with van der Waals surface area (Å²) in [6, 6.07) is 0.775. The quantitative estimate of drug-likeness (QED) is 0.549. The molecular weight excluding hydrogens is 337 g/mol. The number of hydrogen-bond donors (Lipinski definition) is 0. The molecule has 0 aliphatic rings. The van der Waals surface area contributed by atoms with Gasteiger partial charge in [0.15, 0.2) is 0 Å². The molecule has 1 nitrogen and oxygen atoms in total. The van der Waals surface area contributed by atoms with Gasteiger partial charge in [0.2, 0.25) is 0 Å². The standard InChI is InChI=1S/C9H2BrF7O/c10-4-2-1-3(8(12,13)14)5(6(4)11)7(18)9(15,16)17/h1-2H. The molecule has 1 rings (SSSR count). The molecular formula is C9H2BrF7O. The second-order valence-corrected chi connectivity index (χ2v) is 3.96. The van der Waals surface area contributed by atoms with Crippen molar-refractivity contribution < 1.29 is 35.5 Å². The normalized spacial score (nSPS) is 12.7. The van der Waals surface area contributed by atoms with E-state index in [1.165, 1.54) is 0 Å². The molecule has 0 aromatic heterocycles. The number of rotatable bonds is 1. The summed E-state index contributed by atoms with van der Waals surface area (Å²) in [5.74, 6) is -4.78. The second kappa shape index (κ2) is 4.52. The SMILES string of the molecule is O=C(c1c(C(F)(F)F)ccc(Br)c1F)C(F)(F)F. The van der Waals surface area contributed by atoms with E-state index in [0.717, 1.165) is 0 Å².